The van der Waals surface area contributed by atoms with Crippen molar-refractivity contribution in [3.8, 4) is 0 Å². The molecule has 0 aromatic heterocycles. The van der Waals surface area contributed by atoms with Crippen molar-refractivity contribution in [1.82, 2.24) is 4.90 Å². The fourth-order valence-corrected chi connectivity index (χ4v) is 3.73. The van der Waals surface area contributed by atoms with Crippen LogP contribution in [0.25, 0.3) is 0 Å². The fourth-order valence-electron chi connectivity index (χ4n) is 3.47. The summed E-state index contributed by atoms with van der Waals surface area (Å²) >= 11 is 6.22. The second-order valence-corrected chi connectivity index (χ2v) is 7.07. The van der Waals surface area contributed by atoms with Gasteiger partial charge in [-0.05, 0) is 61.2 Å². The molecule has 2 aromatic carbocycles. The highest BCUT2D eigenvalue weighted by molar-refractivity contribution is 6.34. The Labute approximate surface area is 156 Å². The van der Waals surface area contributed by atoms with Gasteiger partial charge in [0.15, 0.2) is 0 Å². The number of nitrogens with zero attached hydrogens (tertiary/aromatic N) is 1. The molecular weight excluding hydrogens is 357 g/mol. The molecule has 3 rings (SSSR count). The Hall–Kier alpha value is -1.95. The number of hydrogen-bond acceptors (Lipinski definition) is 3. The second kappa shape index (κ2) is 8.16. The van der Waals surface area contributed by atoms with Gasteiger partial charge in [-0.3, -0.25) is 4.90 Å². The van der Waals surface area contributed by atoms with Crippen molar-refractivity contribution < 1.29 is 19.4 Å². The van der Waals surface area contributed by atoms with Gasteiger partial charge in [-0.25, -0.2) is 9.18 Å². The number of carboxylic acid groups (broad SMARTS) is 1. The number of rotatable bonds is 5. The Morgan fingerprint density at radius 1 is 1.19 bits per heavy atom. The monoisotopic (exact) mass is 377 g/mol. The molecule has 1 aliphatic heterocycles. The first-order valence-electron chi connectivity index (χ1n) is 8.62. The standard InChI is InChI=1S/C20H21ClFNO3/c21-18-15(2-1-3-17(18)20(25)26)12-23-10-8-14(9-11-23)19(24)13-4-6-16(22)7-5-13/h1-7,14,19,24H,8-12H2,(H,25,26). The number of hydrogen-bond donors (Lipinski definition) is 2. The predicted octanol–water partition coefficient (Wildman–Crippen LogP) is 4.12. The van der Waals surface area contributed by atoms with Gasteiger partial charge >= 0.3 is 5.97 Å². The molecule has 0 amide bonds. The third-order valence-corrected chi connectivity index (χ3v) is 5.44. The normalized spacial score (nSPS) is 17.2. The van der Waals surface area contributed by atoms with Crippen molar-refractivity contribution in [3.63, 3.8) is 0 Å². The van der Waals surface area contributed by atoms with E-state index in [1.165, 1.54) is 18.2 Å². The number of halogens is 2. The maximum Gasteiger partial charge on any atom is 0.337 e. The summed E-state index contributed by atoms with van der Waals surface area (Å²) in [4.78, 5) is 13.4. The SMILES string of the molecule is O=C(O)c1cccc(CN2CCC(C(O)c3ccc(F)cc3)CC2)c1Cl. The van der Waals surface area contributed by atoms with Gasteiger partial charge in [0.05, 0.1) is 16.7 Å². The minimum atomic E-state index is -1.03. The molecule has 1 fully saturated rings. The maximum absolute atomic E-state index is 13.0. The molecular formula is C20H21ClFNO3. The molecule has 0 aliphatic carbocycles. The lowest BCUT2D eigenvalue weighted by molar-refractivity contribution is 0.0566. The van der Waals surface area contributed by atoms with E-state index in [4.69, 9.17) is 16.7 Å². The van der Waals surface area contributed by atoms with E-state index in [1.807, 2.05) is 6.07 Å². The molecule has 26 heavy (non-hydrogen) atoms. The Bertz CT molecular complexity index is 773. The number of aliphatic hydroxyl groups is 1. The van der Waals surface area contributed by atoms with E-state index in [0.717, 1.165) is 37.1 Å². The molecule has 138 valence electrons. The van der Waals surface area contributed by atoms with Gasteiger partial charge in [0.2, 0.25) is 0 Å². The lowest BCUT2D eigenvalue weighted by Crippen LogP contribution is -2.35. The summed E-state index contributed by atoms with van der Waals surface area (Å²) < 4.78 is 13.0. The molecule has 2 aromatic rings. The van der Waals surface area contributed by atoms with Crippen molar-refractivity contribution in [2.24, 2.45) is 5.92 Å². The number of aromatic carboxylic acids is 1. The summed E-state index contributed by atoms with van der Waals surface area (Å²) in [6, 6.07) is 11.0. The molecule has 1 heterocycles. The first kappa shape index (κ1) is 18.8. The van der Waals surface area contributed by atoms with Crippen molar-refractivity contribution in [2.45, 2.75) is 25.5 Å². The number of benzene rings is 2. The quantitative estimate of drug-likeness (QED) is 0.822. The lowest BCUT2D eigenvalue weighted by Gasteiger charge is -2.34. The van der Waals surface area contributed by atoms with Gasteiger partial charge in [0.1, 0.15) is 5.82 Å². The maximum atomic E-state index is 13.0. The van der Waals surface area contributed by atoms with Crippen molar-refractivity contribution in [3.05, 3.63) is 70.0 Å². The second-order valence-electron chi connectivity index (χ2n) is 6.69. The van der Waals surface area contributed by atoms with Crippen LogP contribution in [0.15, 0.2) is 42.5 Å². The van der Waals surface area contributed by atoms with E-state index in [0.29, 0.717) is 6.54 Å². The van der Waals surface area contributed by atoms with E-state index < -0.39 is 12.1 Å². The van der Waals surface area contributed by atoms with E-state index >= 15 is 0 Å². The molecule has 1 saturated heterocycles. The van der Waals surface area contributed by atoms with Crippen LogP contribution in [-0.2, 0) is 6.54 Å². The average Bonchev–Trinajstić information content (AvgIpc) is 2.64. The van der Waals surface area contributed by atoms with E-state index in [-0.39, 0.29) is 22.3 Å². The molecule has 1 aliphatic rings. The highest BCUT2D eigenvalue weighted by Crippen LogP contribution is 2.32. The number of carboxylic acids is 1. The molecule has 2 N–H and O–H groups in total. The summed E-state index contributed by atoms with van der Waals surface area (Å²) in [5.41, 5.74) is 1.65. The summed E-state index contributed by atoms with van der Waals surface area (Å²) in [6.07, 6.45) is 1.03. The molecule has 0 radical (unpaired) electrons. The molecule has 1 unspecified atom stereocenters. The van der Waals surface area contributed by atoms with Crippen LogP contribution in [-0.4, -0.2) is 34.2 Å². The molecule has 6 heteroatoms. The molecule has 0 saturated carbocycles. The Morgan fingerprint density at radius 3 is 2.46 bits per heavy atom. The van der Waals surface area contributed by atoms with Gasteiger partial charge in [-0.1, -0.05) is 35.9 Å². The molecule has 0 bridgehead atoms. The molecule has 4 nitrogen and oxygen atoms in total. The number of aliphatic hydroxyl groups excluding tert-OH is 1. The van der Waals surface area contributed by atoms with Gasteiger partial charge < -0.3 is 10.2 Å². The minimum absolute atomic E-state index is 0.116. The number of carbonyl (C=O) groups is 1. The third kappa shape index (κ3) is 4.23. The van der Waals surface area contributed by atoms with Crippen LogP contribution in [0.1, 0.15) is 40.4 Å². The smallest absolute Gasteiger partial charge is 0.337 e. The third-order valence-electron chi connectivity index (χ3n) is 4.99. The highest BCUT2D eigenvalue weighted by Gasteiger charge is 2.26. The molecule has 0 spiro atoms. The van der Waals surface area contributed by atoms with E-state index in [1.54, 1.807) is 18.2 Å². The van der Waals surface area contributed by atoms with Gasteiger partial charge in [0.25, 0.3) is 0 Å². The zero-order chi connectivity index (χ0) is 18.7. The first-order valence-corrected chi connectivity index (χ1v) is 9.00. The Balaban J connectivity index is 1.60. The van der Waals surface area contributed by atoms with Crippen molar-refractivity contribution >= 4 is 17.6 Å². The number of piperidine rings is 1. The summed E-state index contributed by atoms with van der Waals surface area (Å²) in [5, 5.41) is 20.0. The van der Waals surface area contributed by atoms with E-state index in [9.17, 15) is 14.3 Å². The van der Waals surface area contributed by atoms with Crippen LogP contribution in [0.2, 0.25) is 5.02 Å². The van der Waals surface area contributed by atoms with E-state index in [2.05, 4.69) is 4.90 Å². The lowest BCUT2D eigenvalue weighted by atomic mass is 9.87. The predicted molar refractivity (Wildman–Crippen MR) is 97.8 cm³/mol. The van der Waals surface area contributed by atoms with Crippen molar-refractivity contribution in [1.29, 1.82) is 0 Å². The summed E-state index contributed by atoms with van der Waals surface area (Å²) in [6.45, 7) is 2.16. The van der Waals surface area contributed by atoms with Crippen LogP contribution < -0.4 is 0 Å². The highest BCUT2D eigenvalue weighted by atomic mass is 35.5. The van der Waals surface area contributed by atoms with Crippen LogP contribution >= 0.6 is 11.6 Å². The summed E-state index contributed by atoms with van der Waals surface area (Å²) in [7, 11) is 0. The zero-order valence-electron chi connectivity index (χ0n) is 14.2. The first-order chi connectivity index (χ1) is 12.5. The van der Waals surface area contributed by atoms with Crippen molar-refractivity contribution in [2.75, 3.05) is 13.1 Å². The van der Waals surface area contributed by atoms with Crippen LogP contribution in [0.5, 0.6) is 0 Å². The average molecular weight is 378 g/mol. The van der Waals surface area contributed by atoms with Gasteiger partial charge in [-0.2, -0.15) is 0 Å². The largest absolute Gasteiger partial charge is 0.478 e. The van der Waals surface area contributed by atoms with Crippen LogP contribution in [0, 0.1) is 11.7 Å². The van der Waals surface area contributed by atoms with Crippen LogP contribution in [0.3, 0.4) is 0 Å². The van der Waals surface area contributed by atoms with Gasteiger partial charge in [-0.15, -0.1) is 0 Å². The number of likely N-dealkylation sites (tertiary alicyclic amines) is 1. The molecule has 1 atom stereocenters. The minimum Gasteiger partial charge on any atom is -0.478 e. The zero-order valence-corrected chi connectivity index (χ0v) is 15.0. The Morgan fingerprint density at radius 2 is 1.85 bits per heavy atom. The topological polar surface area (TPSA) is 60.8 Å². The Kier molecular flexibility index (Phi) is 5.91. The fraction of sp³-hybridized carbons (Fsp3) is 0.350. The van der Waals surface area contributed by atoms with Crippen LogP contribution in [0.4, 0.5) is 4.39 Å². The summed E-state index contributed by atoms with van der Waals surface area (Å²) in [5.74, 6) is -1.22. The van der Waals surface area contributed by atoms with Gasteiger partial charge in [0, 0.05) is 6.54 Å².